The zero-order valence-corrected chi connectivity index (χ0v) is 8.72. The molecule has 0 aliphatic carbocycles. The Morgan fingerprint density at radius 1 is 1.57 bits per heavy atom. The van der Waals surface area contributed by atoms with Gasteiger partial charge in [0.2, 0.25) is 5.01 Å². The normalized spacial score (nSPS) is 10.4. The lowest BCUT2D eigenvalue weighted by Crippen LogP contribution is -1.99. The summed E-state index contributed by atoms with van der Waals surface area (Å²) in [4.78, 5) is 19.1. The highest BCUT2D eigenvalue weighted by atomic mass is 35.5. The van der Waals surface area contributed by atoms with E-state index in [2.05, 4.69) is 14.7 Å². The first-order valence-electron chi connectivity index (χ1n) is 3.70. The van der Waals surface area contributed by atoms with Crippen LogP contribution in [0.2, 0.25) is 5.02 Å². The van der Waals surface area contributed by atoms with Crippen molar-refractivity contribution in [2.24, 2.45) is 0 Å². The third-order valence-electron chi connectivity index (χ3n) is 1.62. The van der Waals surface area contributed by atoms with Gasteiger partial charge in [0.05, 0.1) is 16.8 Å². The fourth-order valence-corrected chi connectivity index (χ4v) is 2.13. The molecule has 0 aliphatic heterocycles. The predicted octanol–water partition coefficient (Wildman–Crippen LogP) is 2.13. The van der Waals surface area contributed by atoms with E-state index in [0.29, 0.717) is 10.5 Å². The number of nitrogens with zero attached hydrogens (tertiary/aromatic N) is 2. The van der Waals surface area contributed by atoms with Crippen LogP contribution in [0.3, 0.4) is 0 Å². The number of halogens is 1. The van der Waals surface area contributed by atoms with Crippen molar-refractivity contribution < 1.29 is 9.53 Å². The highest BCUT2D eigenvalue weighted by molar-refractivity contribution is 7.20. The molecule has 14 heavy (non-hydrogen) atoms. The van der Waals surface area contributed by atoms with Crippen LogP contribution in [0.1, 0.15) is 9.80 Å². The molecule has 2 rings (SSSR count). The van der Waals surface area contributed by atoms with Crippen molar-refractivity contribution in [2.75, 3.05) is 7.11 Å². The summed E-state index contributed by atoms with van der Waals surface area (Å²) >= 11 is 7.06. The largest absolute Gasteiger partial charge is 0.464 e. The van der Waals surface area contributed by atoms with E-state index in [0.717, 1.165) is 4.70 Å². The van der Waals surface area contributed by atoms with Gasteiger partial charge in [0.15, 0.2) is 0 Å². The molecule has 2 aromatic rings. The predicted molar refractivity (Wildman–Crippen MR) is 53.8 cm³/mol. The van der Waals surface area contributed by atoms with E-state index in [1.165, 1.54) is 24.6 Å². The molecule has 72 valence electrons. The molecule has 0 atom stereocenters. The number of carbonyl (C=O) groups excluding carboxylic acids is 1. The molecule has 0 N–H and O–H groups in total. The summed E-state index contributed by atoms with van der Waals surface area (Å²) in [5, 5.41) is 0.728. The van der Waals surface area contributed by atoms with Crippen LogP contribution >= 0.6 is 22.9 Å². The lowest BCUT2D eigenvalue weighted by atomic mass is 10.4. The molecule has 6 heteroatoms. The van der Waals surface area contributed by atoms with Crippen LogP contribution in [-0.4, -0.2) is 23.0 Å². The molecule has 2 aromatic heterocycles. The molecule has 0 radical (unpaired) electrons. The molecule has 4 nitrogen and oxygen atoms in total. The van der Waals surface area contributed by atoms with Gasteiger partial charge in [-0.05, 0) is 0 Å². The van der Waals surface area contributed by atoms with Gasteiger partial charge in [0, 0.05) is 12.4 Å². The Bertz CT molecular complexity index is 497. The minimum absolute atomic E-state index is 0.289. The number of rotatable bonds is 1. The van der Waals surface area contributed by atoms with E-state index in [4.69, 9.17) is 11.6 Å². The average Bonchev–Trinajstić information content (AvgIpc) is 2.62. The second kappa shape index (κ2) is 3.51. The van der Waals surface area contributed by atoms with Crippen LogP contribution in [-0.2, 0) is 4.74 Å². The maximum Gasteiger partial charge on any atom is 0.367 e. The lowest BCUT2D eigenvalue weighted by Gasteiger charge is -1.89. The molecule has 0 saturated carbocycles. The van der Waals surface area contributed by atoms with Gasteiger partial charge in [0.1, 0.15) is 5.52 Å². The molecule has 0 aromatic carbocycles. The van der Waals surface area contributed by atoms with Crippen molar-refractivity contribution in [1.82, 2.24) is 9.97 Å². The zero-order valence-electron chi connectivity index (χ0n) is 7.15. The lowest BCUT2D eigenvalue weighted by molar-refractivity contribution is 0.0600. The molecule has 2 heterocycles. The summed E-state index contributed by atoms with van der Waals surface area (Å²) in [7, 11) is 1.31. The summed E-state index contributed by atoms with van der Waals surface area (Å²) in [6, 6.07) is 0. The minimum Gasteiger partial charge on any atom is -0.464 e. The van der Waals surface area contributed by atoms with E-state index in [1.54, 1.807) is 6.20 Å². The third-order valence-corrected chi connectivity index (χ3v) is 2.87. The summed E-state index contributed by atoms with van der Waals surface area (Å²) in [5.41, 5.74) is 0.590. The number of hydrogen-bond donors (Lipinski definition) is 0. The first-order valence-corrected chi connectivity index (χ1v) is 4.90. The van der Waals surface area contributed by atoms with Crippen molar-refractivity contribution in [1.29, 1.82) is 0 Å². The Kier molecular flexibility index (Phi) is 2.35. The van der Waals surface area contributed by atoms with Crippen LogP contribution in [0.15, 0.2) is 12.4 Å². The quantitative estimate of drug-likeness (QED) is 0.702. The summed E-state index contributed by atoms with van der Waals surface area (Å²) in [6.07, 6.45) is 3.11. The topological polar surface area (TPSA) is 52.1 Å². The van der Waals surface area contributed by atoms with Gasteiger partial charge in [-0.25, -0.2) is 9.78 Å². The molecule has 0 bridgehead atoms. The Hall–Kier alpha value is -1.20. The van der Waals surface area contributed by atoms with E-state index in [1.807, 2.05) is 0 Å². The number of aromatic nitrogens is 2. The SMILES string of the molecule is COC(=O)c1nc2c(Cl)cncc2s1. The fourth-order valence-electron chi connectivity index (χ4n) is 0.997. The monoisotopic (exact) mass is 228 g/mol. The maximum atomic E-state index is 11.2. The number of thiazole rings is 1. The van der Waals surface area contributed by atoms with Crippen LogP contribution in [0.5, 0.6) is 0 Å². The highest BCUT2D eigenvalue weighted by Gasteiger charge is 2.13. The fraction of sp³-hybridized carbons (Fsp3) is 0.125. The number of fused-ring (bicyclic) bond motifs is 1. The second-order valence-corrected chi connectivity index (χ2v) is 3.92. The summed E-state index contributed by atoms with van der Waals surface area (Å²) < 4.78 is 5.33. The van der Waals surface area contributed by atoms with Gasteiger partial charge in [-0.3, -0.25) is 4.98 Å². The minimum atomic E-state index is -0.456. The molecular weight excluding hydrogens is 224 g/mol. The summed E-state index contributed by atoms with van der Waals surface area (Å²) in [6.45, 7) is 0. The third kappa shape index (κ3) is 1.44. The van der Waals surface area contributed by atoms with Gasteiger partial charge in [0.25, 0.3) is 0 Å². The van der Waals surface area contributed by atoms with Gasteiger partial charge in [-0.15, -0.1) is 11.3 Å². The number of hydrogen-bond acceptors (Lipinski definition) is 5. The number of methoxy groups -OCH3 is 1. The molecule has 0 saturated heterocycles. The first-order chi connectivity index (χ1) is 6.72. The zero-order chi connectivity index (χ0) is 10.1. The number of carbonyl (C=O) groups is 1. The number of esters is 1. The Morgan fingerprint density at radius 3 is 3.00 bits per heavy atom. The second-order valence-electron chi connectivity index (χ2n) is 2.48. The van der Waals surface area contributed by atoms with Gasteiger partial charge in [-0.2, -0.15) is 0 Å². The van der Waals surface area contributed by atoms with Gasteiger partial charge < -0.3 is 4.74 Å². The average molecular weight is 229 g/mol. The molecular formula is C8H5ClN2O2S. The Balaban J connectivity index is 2.62. The van der Waals surface area contributed by atoms with Crippen molar-refractivity contribution in [3.63, 3.8) is 0 Å². The van der Waals surface area contributed by atoms with Crippen LogP contribution in [0, 0.1) is 0 Å². The molecule has 0 fully saturated rings. The van der Waals surface area contributed by atoms with E-state index in [9.17, 15) is 4.79 Å². The highest BCUT2D eigenvalue weighted by Crippen LogP contribution is 2.26. The van der Waals surface area contributed by atoms with Crippen molar-refractivity contribution >= 4 is 39.1 Å². The van der Waals surface area contributed by atoms with Crippen molar-refractivity contribution in [3.05, 3.63) is 22.4 Å². The van der Waals surface area contributed by atoms with Crippen LogP contribution in [0.25, 0.3) is 10.2 Å². The number of ether oxygens (including phenoxy) is 1. The van der Waals surface area contributed by atoms with E-state index >= 15 is 0 Å². The molecule has 0 unspecified atom stereocenters. The first kappa shape index (κ1) is 9.36. The van der Waals surface area contributed by atoms with E-state index < -0.39 is 5.97 Å². The standard InChI is InChI=1S/C8H5ClN2O2S/c1-13-8(12)7-11-6-4(9)2-10-3-5(6)14-7/h2-3H,1H3. The van der Waals surface area contributed by atoms with Crippen LogP contribution in [0.4, 0.5) is 0 Å². The Morgan fingerprint density at radius 2 is 2.36 bits per heavy atom. The van der Waals surface area contributed by atoms with Crippen molar-refractivity contribution in [2.45, 2.75) is 0 Å². The van der Waals surface area contributed by atoms with Gasteiger partial charge >= 0.3 is 5.97 Å². The molecule has 0 amide bonds. The van der Waals surface area contributed by atoms with E-state index in [-0.39, 0.29) is 5.01 Å². The van der Waals surface area contributed by atoms with Crippen LogP contribution < -0.4 is 0 Å². The van der Waals surface area contributed by atoms with Gasteiger partial charge in [-0.1, -0.05) is 11.6 Å². The van der Waals surface area contributed by atoms with Crippen molar-refractivity contribution in [3.8, 4) is 0 Å². The summed E-state index contributed by atoms with van der Waals surface area (Å²) in [5.74, 6) is -0.456. The number of pyridine rings is 1. The molecule has 0 aliphatic rings. The molecule has 0 spiro atoms. The maximum absolute atomic E-state index is 11.2. The smallest absolute Gasteiger partial charge is 0.367 e. The Labute approximate surface area is 88.5 Å².